The van der Waals surface area contributed by atoms with E-state index < -0.39 is 8.07 Å². The average Bonchev–Trinajstić information content (AvgIpc) is 3.04. The monoisotopic (exact) mass is 412 g/mol. The molecule has 0 saturated heterocycles. The van der Waals surface area contributed by atoms with Crippen LogP contribution in [0.25, 0.3) is 11.3 Å². The predicted octanol–water partition coefficient (Wildman–Crippen LogP) is 7.32. The smallest absolute Gasteiger partial charge is 0.0784 e. The average molecular weight is 413 g/mol. The van der Waals surface area contributed by atoms with Crippen LogP contribution in [-0.2, 0) is 17.4 Å². The van der Waals surface area contributed by atoms with Crippen LogP contribution in [0.3, 0.4) is 0 Å². The van der Waals surface area contributed by atoms with E-state index in [1.54, 1.807) is 16.9 Å². The third-order valence-electron chi connectivity index (χ3n) is 6.42. The number of aryl methyl sites for hydroxylation is 1. The summed E-state index contributed by atoms with van der Waals surface area (Å²) in [5, 5.41) is 11.0. The second-order valence-electron chi connectivity index (χ2n) is 10.8. The summed E-state index contributed by atoms with van der Waals surface area (Å²) in [4.78, 5) is 2.28. The molecule has 152 valence electrons. The number of aliphatic hydroxyl groups excluding tert-OH is 1. The van der Waals surface area contributed by atoms with E-state index in [1.807, 2.05) is 6.07 Å². The Morgan fingerprint density at radius 1 is 1.04 bits per heavy atom. The summed E-state index contributed by atoms with van der Waals surface area (Å²) >= 11 is 1.70. The first kappa shape index (κ1) is 21.5. The molecule has 1 N–H and O–H groups in total. The molecule has 1 aliphatic rings. The molecule has 1 heterocycles. The zero-order chi connectivity index (χ0) is 20.9. The SMILES string of the molecule is Cc1cc2c(cc1C(=Cc1ccc(CO)s1)[Si](C)(C)C)C(C)(C)CCC2(C)C. The van der Waals surface area contributed by atoms with Gasteiger partial charge in [0.15, 0.2) is 0 Å². The molecule has 3 rings (SSSR count). The lowest BCUT2D eigenvalue weighted by Crippen LogP contribution is -2.34. The van der Waals surface area contributed by atoms with E-state index in [0.717, 1.165) is 4.88 Å². The Kier molecular flexibility index (Phi) is 5.59. The van der Waals surface area contributed by atoms with Gasteiger partial charge in [0.25, 0.3) is 0 Å². The first-order valence-electron chi connectivity index (χ1n) is 10.4. The van der Waals surface area contributed by atoms with Gasteiger partial charge in [0, 0.05) is 9.75 Å². The van der Waals surface area contributed by atoms with E-state index in [9.17, 15) is 5.11 Å². The Morgan fingerprint density at radius 3 is 2.11 bits per heavy atom. The molecule has 0 fully saturated rings. The normalized spacial score (nSPS) is 18.8. The van der Waals surface area contributed by atoms with Crippen LogP contribution in [0.5, 0.6) is 0 Å². The van der Waals surface area contributed by atoms with Gasteiger partial charge in [0.1, 0.15) is 0 Å². The van der Waals surface area contributed by atoms with Gasteiger partial charge in [-0.25, -0.2) is 0 Å². The van der Waals surface area contributed by atoms with E-state index in [0.29, 0.717) is 0 Å². The first-order chi connectivity index (χ1) is 12.8. The maximum absolute atomic E-state index is 9.44. The molecule has 3 heteroatoms. The van der Waals surface area contributed by atoms with Gasteiger partial charge in [0.2, 0.25) is 0 Å². The third-order valence-corrected chi connectivity index (χ3v) is 9.47. The molecular formula is C25H36OSSi. The van der Waals surface area contributed by atoms with Crippen LogP contribution < -0.4 is 0 Å². The molecule has 0 radical (unpaired) electrons. The van der Waals surface area contributed by atoms with Gasteiger partial charge >= 0.3 is 0 Å². The Labute approximate surface area is 176 Å². The highest BCUT2D eigenvalue weighted by atomic mass is 32.1. The Hall–Kier alpha value is -1.16. The summed E-state index contributed by atoms with van der Waals surface area (Å²) in [5.41, 5.74) is 6.39. The fraction of sp³-hybridized carbons (Fsp3) is 0.520. The molecule has 1 aromatic heterocycles. The van der Waals surface area contributed by atoms with Crippen molar-refractivity contribution in [2.45, 2.75) is 84.5 Å². The molecule has 1 nitrogen and oxygen atoms in total. The number of hydrogen-bond donors (Lipinski definition) is 1. The molecule has 0 aliphatic heterocycles. The fourth-order valence-corrected chi connectivity index (χ4v) is 7.00. The third kappa shape index (κ3) is 4.08. The van der Waals surface area contributed by atoms with Crippen molar-refractivity contribution in [3.63, 3.8) is 0 Å². The summed E-state index contributed by atoms with van der Waals surface area (Å²) in [6.07, 6.45) is 4.89. The van der Waals surface area contributed by atoms with Crippen molar-refractivity contribution in [1.29, 1.82) is 0 Å². The lowest BCUT2D eigenvalue weighted by molar-refractivity contribution is 0.285. The standard InChI is InChI=1S/C25H36OSSi/c1-17-13-21-22(25(4,5)12-11-24(21,2)3)15-20(17)23(28(6,7)8)14-18-9-10-19(16-26)27-18/h9-10,13-15,26H,11-12,16H2,1-8H3. The van der Waals surface area contributed by atoms with Gasteiger partial charge in [-0.1, -0.05) is 64.7 Å². The highest BCUT2D eigenvalue weighted by Crippen LogP contribution is 2.47. The Bertz CT molecular complexity index is 909. The summed E-state index contributed by atoms with van der Waals surface area (Å²) in [7, 11) is -1.56. The van der Waals surface area contributed by atoms with Crippen molar-refractivity contribution in [3.05, 3.63) is 56.3 Å². The predicted molar refractivity (Wildman–Crippen MR) is 128 cm³/mol. The second kappa shape index (κ2) is 7.27. The molecule has 2 aromatic rings. The van der Waals surface area contributed by atoms with E-state index in [-0.39, 0.29) is 17.4 Å². The second-order valence-corrected chi connectivity index (χ2v) is 17.0. The van der Waals surface area contributed by atoms with Gasteiger partial charge in [-0.15, -0.1) is 11.3 Å². The maximum atomic E-state index is 9.44. The minimum atomic E-state index is -1.56. The molecule has 0 saturated carbocycles. The summed E-state index contributed by atoms with van der Waals surface area (Å²) < 4.78 is 0. The van der Waals surface area contributed by atoms with Crippen LogP contribution in [0.2, 0.25) is 19.6 Å². The van der Waals surface area contributed by atoms with E-state index in [1.165, 1.54) is 39.6 Å². The largest absolute Gasteiger partial charge is 0.391 e. The van der Waals surface area contributed by atoms with Crippen LogP contribution >= 0.6 is 11.3 Å². The topological polar surface area (TPSA) is 20.2 Å². The number of benzene rings is 1. The number of thiophene rings is 1. The molecule has 0 atom stereocenters. The van der Waals surface area contributed by atoms with Gasteiger partial charge < -0.3 is 5.11 Å². The van der Waals surface area contributed by atoms with Crippen LogP contribution in [0.1, 0.15) is 72.5 Å². The van der Waals surface area contributed by atoms with Crippen molar-refractivity contribution in [1.82, 2.24) is 0 Å². The van der Waals surface area contributed by atoms with Gasteiger partial charge in [-0.3, -0.25) is 0 Å². The van der Waals surface area contributed by atoms with Crippen LogP contribution in [0.15, 0.2) is 24.3 Å². The maximum Gasteiger partial charge on any atom is 0.0784 e. The Morgan fingerprint density at radius 2 is 1.61 bits per heavy atom. The highest BCUT2D eigenvalue weighted by Gasteiger charge is 2.38. The highest BCUT2D eigenvalue weighted by molar-refractivity contribution is 7.13. The minimum absolute atomic E-state index is 0.127. The molecule has 0 amide bonds. The zero-order valence-electron chi connectivity index (χ0n) is 18.9. The molecular weight excluding hydrogens is 376 g/mol. The Balaban J connectivity index is 2.22. The molecule has 1 aromatic carbocycles. The van der Waals surface area contributed by atoms with Crippen molar-refractivity contribution >= 4 is 30.7 Å². The van der Waals surface area contributed by atoms with E-state index in [2.05, 4.69) is 78.5 Å². The molecule has 0 bridgehead atoms. The lowest BCUT2D eigenvalue weighted by atomic mass is 9.62. The van der Waals surface area contributed by atoms with Crippen molar-refractivity contribution in [3.8, 4) is 0 Å². The molecule has 0 spiro atoms. The lowest BCUT2D eigenvalue weighted by Gasteiger charge is -2.43. The number of rotatable bonds is 4. The van der Waals surface area contributed by atoms with Crippen molar-refractivity contribution in [2.24, 2.45) is 0 Å². The number of aliphatic hydroxyl groups is 1. The number of fused-ring (bicyclic) bond motifs is 1. The quantitative estimate of drug-likeness (QED) is 0.522. The molecule has 1 aliphatic carbocycles. The van der Waals surface area contributed by atoms with Gasteiger partial charge in [0.05, 0.1) is 14.7 Å². The summed E-state index contributed by atoms with van der Waals surface area (Å²) in [5.74, 6) is 0. The molecule has 28 heavy (non-hydrogen) atoms. The van der Waals surface area contributed by atoms with Crippen LogP contribution in [0.4, 0.5) is 0 Å². The molecule has 0 unspecified atom stereocenters. The van der Waals surface area contributed by atoms with E-state index >= 15 is 0 Å². The van der Waals surface area contributed by atoms with Crippen LogP contribution in [0, 0.1) is 6.92 Å². The minimum Gasteiger partial charge on any atom is -0.391 e. The van der Waals surface area contributed by atoms with Crippen molar-refractivity contribution < 1.29 is 5.11 Å². The van der Waals surface area contributed by atoms with Crippen molar-refractivity contribution in [2.75, 3.05) is 0 Å². The zero-order valence-corrected chi connectivity index (χ0v) is 20.7. The van der Waals surface area contributed by atoms with Gasteiger partial charge in [-0.05, 0) is 71.1 Å². The fourth-order valence-electron chi connectivity index (χ4n) is 4.41. The summed E-state index contributed by atoms with van der Waals surface area (Å²) in [6.45, 7) is 19.3. The van der Waals surface area contributed by atoms with E-state index in [4.69, 9.17) is 0 Å². The first-order valence-corrected chi connectivity index (χ1v) is 14.7. The number of hydrogen-bond acceptors (Lipinski definition) is 2. The summed E-state index contributed by atoms with van der Waals surface area (Å²) in [6, 6.07) is 9.20. The van der Waals surface area contributed by atoms with Gasteiger partial charge in [-0.2, -0.15) is 0 Å². The van der Waals surface area contributed by atoms with Crippen LogP contribution in [-0.4, -0.2) is 13.2 Å².